The van der Waals surface area contributed by atoms with Crippen LogP contribution in [-0.2, 0) is 0 Å². The Balaban J connectivity index is 2.56. The Morgan fingerprint density at radius 3 is 2.65 bits per heavy atom. The molecule has 2 N–H and O–H groups in total. The fourth-order valence-electron chi connectivity index (χ4n) is 1.39. The number of nitrogens with two attached hydrogens (primary N) is 1. The first-order chi connectivity index (χ1) is 8.13. The smallest absolute Gasteiger partial charge is 0.176 e. The molecule has 0 unspecified atom stereocenters. The largest absolute Gasteiger partial charge is 0.492 e. The van der Waals surface area contributed by atoms with Crippen molar-refractivity contribution in [3.8, 4) is 17.0 Å². The van der Waals surface area contributed by atoms with Gasteiger partial charge in [0, 0.05) is 5.56 Å². The summed E-state index contributed by atoms with van der Waals surface area (Å²) < 4.78 is 18.9. The minimum atomic E-state index is -0.570. The number of methoxy groups -OCH3 is 1. The molecule has 0 aliphatic heterocycles. The van der Waals surface area contributed by atoms with Crippen LogP contribution >= 0.6 is 11.6 Å². The summed E-state index contributed by atoms with van der Waals surface area (Å²) in [5.41, 5.74) is 6.04. The lowest BCUT2D eigenvalue weighted by Crippen LogP contribution is -1.96. The van der Waals surface area contributed by atoms with E-state index in [0.717, 1.165) is 0 Å². The van der Waals surface area contributed by atoms with E-state index in [0.29, 0.717) is 5.69 Å². The maximum absolute atomic E-state index is 14.0. The Hall–Kier alpha value is -1.88. The number of nitrogens with zero attached hydrogens (tertiary/aromatic N) is 2. The van der Waals surface area contributed by atoms with Crippen LogP contribution in [0.3, 0.4) is 0 Å². The average Bonchev–Trinajstić information content (AvgIpc) is 2.31. The van der Waals surface area contributed by atoms with Gasteiger partial charge in [0.25, 0.3) is 0 Å². The Kier molecular flexibility index (Phi) is 3.10. The van der Waals surface area contributed by atoms with Gasteiger partial charge in [-0.05, 0) is 12.1 Å². The van der Waals surface area contributed by atoms with Gasteiger partial charge in [0.1, 0.15) is 5.82 Å². The van der Waals surface area contributed by atoms with E-state index in [1.165, 1.54) is 31.6 Å². The fraction of sp³-hybridized carbons (Fsp3) is 0.0909. The second-order valence-corrected chi connectivity index (χ2v) is 3.68. The summed E-state index contributed by atoms with van der Waals surface area (Å²) in [5.74, 6) is -0.308. The van der Waals surface area contributed by atoms with Crippen LogP contribution in [0.2, 0.25) is 5.02 Å². The van der Waals surface area contributed by atoms with Crippen LogP contribution < -0.4 is 10.5 Å². The highest BCUT2D eigenvalue weighted by Gasteiger charge is 2.15. The van der Waals surface area contributed by atoms with Gasteiger partial charge in [-0.2, -0.15) is 0 Å². The van der Waals surface area contributed by atoms with Crippen LogP contribution in [0.5, 0.6) is 5.75 Å². The van der Waals surface area contributed by atoms with E-state index in [-0.39, 0.29) is 22.2 Å². The lowest BCUT2D eigenvalue weighted by atomic mass is 10.1. The first kappa shape index (κ1) is 11.6. The first-order valence-corrected chi connectivity index (χ1v) is 5.11. The Bertz CT molecular complexity index is 545. The molecule has 0 atom stereocenters. The molecule has 2 aromatic rings. The summed E-state index contributed by atoms with van der Waals surface area (Å²) in [5, 5.41) is 0.206. The first-order valence-electron chi connectivity index (χ1n) is 4.73. The molecular formula is C11H9ClFN3O. The standard InChI is InChI=1S/C11H9ClFN3O/c1-17-11-7(12)3-2-6(10(11)13)8-4-16-9(14)5-15-8/h2-5H,1H3,(H2,14,16). The van der Waals surface area contributed by atoms with Crippen LogP contribution in [0, 0.1) is 5.82 Å². The summed E-state index contributed by atoms with van der Waals surface area (Å²) in [6.45, 7) is 0. The van der Waals surface area contributed by atoms with Crippen LogP contribution in [0.25, 0.3) is 11.3 Å². The molecule has 0 amide bonds. The van der Waals surface area contributed by atoms with Gasteiger partial charge in [0.2, 0.25) is 0 Å². The van der Waals surface area contributed by atoms with E-state index in [1.807, 2.05) is 0 Å². The zero-order chi connectivity index (χ0) is 12.4. The molecule has 0 aliphatic carbocycles. The molecule has 88 valence electrons. The number of aromatic nitrogens is 2. The van der Waals surface area contributed by atoms with Crippen molar-refractivity contribution in [3.63, 3.8) is 0 Å². The van der Waals surface area contributed by atoms with Crippen LogP contribution in [0.4, 0.5) is 10.2 Å². The van der Waals surface area contributed by atoms with Crippen molar-refractivity contribution < 1.29 is 9.13 Å². The number of benzene rings is 1. The summed E-state index contributed by atoms with van der Waals surface area (Å²) in [7, 11) is 1.35. The lowest BCUT2D eigenvalue weighted by molar-refractivity contribution is 0.387. The van der Waals surface area contributed by atoms with Crippen molar-refractivity contribution in [2.75, 3.05) is 12.8 Å². The van der Waals surface area contributed by atoms with Gasteiger partial charge in [-0.15, -0.1) is 0 Å². The minimum Gasteiger partial charge on any atom is -0.492 e. The summed E-state index contributed by atoms with van der Waals surface area (Å²) in [6, 6.07) is 3.05. The molecule has 0 radical (unpaired) electrons. The van der Waals surface area contributed by atoms with Gasteiger partial charge in [-0.3, -0.25) is 4.98 Å². The second-order valence-electron chi connectivity index (χ2n) is 3.27. The number of halogens is 2. The number of rotatable bonds is 2. The number of ether oxygens (including phenoxy) is 1. The number of anilines is 1. The number of nitrogen functional groups attached to an aromatic ring is 1. The molecule has 17 heavy (non-hydrogen) atoms. The summed E-state index contributed by atoms with van der Waals surface area (Å²) in [6.07, 6.45) is 2.75. The minimum absolute atomic E-state index is 0.0113. The third-order valence-electron chi connectivity index (χ3n) is 2.20. The molecule has 0 saturated heterocycles. The monoisotopic (exact) mass is 253 g/mol. The Morgan fingerprint density at radius 2 is 2.06 bits per heavy atom. The van der Waals surface area contributed by atoms with Crippen molar-refractivity contribution >= 4 is 17.4 Å². The maximum Gasteiger partial charge on any atom is 0.176 e. The van der Waals surface area contributed by atoms with Gasteiger partial charge in [0.05, 0.1) is 30.2 Å². The predicted octanol–water partition coefficient (Wildman–Crippen LogP) is 2.53. The Labute approximate surface area is 102 Å². The van der Waals surface area contributed by atoms with Crippen LogP contribution in [0.1, 0.15) is 0 Å². The van der Waals surface area contributed by atoms with E-state index in [4.69, 9.17) is 22.1 Å². The number of hydrogen-bond donors (Lipinski definition) is 1. The highest BCUT2D eigenvalue weighted by molar-refractivity contribution is 6.32. The van der Waals surface area contributed by atoms with E-state index in [1.54, 1.807) is 0 Å². The molecule has 1 aromatic heterocycles. The summed E-state index contributed by atoms with van der Waals surface area (Å²) >= 11 is 5.79. The van der Waals surface area contributed by atoms with Gasteiger partial charge < -0.3 is 10.5 Å². The van der Waals surface area contributed by atoms with Crippen molar-refractivity contribution in [1.82, 2.24) is 9.97 Å². The van der Waals surface area contributed by atoms with Crippen molar-refractivity contribution in [3.05, 3.63) is 35.4 Å². The van der Waals surface area contributed by atoms with E-state index >= 15 is 0 Å². The molecule has 6 heteroatoms. The molecule has 0 aliphatic rings. The van der Waals surface area contributed by atoms with Gasteiger partial charge in [-0.25, -0.2) is 9.37 Å². The van der Waals surface area contributed by atoms with Crippen molar-refractivity contribution in [2.45, 2.75) is 0 Å². The van der Waals surface area contributed by atoms with Gasteiger partial charge in [-0.1, -0.05) is 11.6 Å². The lowest BCUT2D eigenvalue weighted by Gasteiger charge is -2.08. The molecule has 0 fully saturated rings. The predicted molar refractivity (Wildman–Crippen MR) is 63.4 cm³/mol. The van der Waals surface area contributed by atoms with Crippen molar-refractivity contribution in [2.24, 2.45) is 0 Å². The van der Waals surface area contributed by atoms with Gasteiger partial charge in [0.15, 0.2) is 11.6 Å². The highest BCUT2D eigenvalue weighted by atomic mass is 35.5. The quantitative estimate of drug-likeness (QED) is 0.893. The molecular weight excluding hydrogens is 245 g/mol. The van der Waals surface area contributed by atoms with E-state index < -0.39 is 5.82 Å². The zero-order valence-electron chi connectivity index (χ0n) is 8.95. The molecule has 0 spiro atoms. The molecule has 4 nitrogen and oxygen atoms in total. The topological polar surface area (TPSA) is 61.0 Å². The second kappa shape index (κ2) is 4.55. The zero-order valence-corrected chi connectivity index (χ0v) is 9.70. The Morgan fingerprint density at radius 1 is 1.29 bits per heavy atom. The van der Waals surface area contributed by atoms with Crippen molar-refractivity contribution in [1.29, 1.82) is 0 Å². The van der Waals surface area contributed by atoms with E-state index in [9.17, 15) is 4.39 Å². The maximum atomic E-state index is 14.0. The number of hydrogen-bond acceptors (Lipinski definition) is 4. The SMILES string of the molecule is COc1c(Cl)ccc(-c2cnc(N)cn2)c1F. The normalized spacial score (nSPS) is 10.3. The highest BCUT2D eigenvalue weighted by Crippen LogP contribution is 2.33. The molecule has 0 bridgehead atoms. The van der Waals surface area contributed by atoms with Crippen LogP contribution in [-0.4, -0.2) is 17.1 Å². The van der Waals surface area contributed by atoms with E-state index in [2.05, 4.69) is 9.97 Å². The van der Waals surface area contributed by atoms with Crippen LogP contribution in [0.15, 0.2) is 24.5 Å². The van der Waals surface area contributed by atoms with Gasteiger partial charge >= 0.3 is 0 Å². The third-order valence-corrected chi connectivity index (χ3v) is 2.50. The summed E-state index contributed by atoms with van der Waals surface area (Å²) in [4.78, 5) is 7.84. The molecule has 2 rings (SSSR count). The molecule has 1 heterocycles. The third kappa shape index (κ3) is 2.14. The molecule has 1 aromatic carbocycles. The fourth-order valence-corrected chi connectivity index (χ4v) is 1.62. The molecule has 0 saturated carbocycles. The average molecular weight is 254 g/mol.